The molecular formula is C14H20N4O3S. The average molecular weight is 324 g/mol. The van der Waals surface area contributed by atoms with Crippen LogP contribution in [0.2, 0.25) is 0 Å². The van der Waals surface area contributed by atoms with Crippen molar-refractivity contribution in [2.45, 2.75) is 26.1 Å². The molecule has 1 aliphatic rings. The van der Waals surface area contributed by atoms with Crippen LogP contribution in [0.5, 0.6) is 0 Å². The molecule has 8 heteroatoms. The Hall–Kier alpha value is -1.64. The van der Waals surface area contributed by atoms with E-state index < -0.39 is 10.0 Å². The number of nitrogens with one attached hydrogen (secondary N) is 1. The van der Waals surface area contributed by atoms with Gasteiger partial charge in [0.05, 0.1) is 30.0 Å². The van der Waals surface area contributed by atoms with Gasteiger partial charge in [0, 0.05) is 37.9 Å². The van der Waals surface area contributed by atoms with Crippen molar-refractivity contribution in [1.29, 1.82) is 0 Å². The Morgan fingerprint density at radius 1 is 1.45 bits per heavy atom. The van der Waals surface area contributed by atoms with Crippen molar-refractivity contribution in [1.82, 2.24) is 19.4 Å². The number of hydrogen-bond donors (Lipinski definition) is 1. The zero-order valence-corrected chi connectivity index (χ0v) is 13.3. The van der Waals surface area contributed by atoms with Crippen molar-refractivity contribution in [3.05, 3.63) is 42.1 Å². The van der Waals surface area contributed by atoms with Gasteiger partial charge in [0.1, 0.15) is 0 Å². The first-order valence-electron chi connectivity index (χ1n) is 7.30. The molecule has 1 atom stereocenters. The summed E-state index contributed by atoms with van der Waals surface area (Å²) in [6, 6.07) is 3.91. The number of nitrogens with zero attached hydrogens (tertiary/aromatic N) is 3. The second-order valence-electron chi connectivity index (χ2n) is 5.47. The molecule has 3 heterocycles. The van der Waals surface area contributed by atoms with E-state index in [2.05, 4.69) is 14.7 Å². The molecule has 2 aromatic heterocycles. The Labute approximate surface area is 130 Å². The molecule has 7 nitrogen and oxygen atoms in total. The van der Waals surface area contributed by atoms with Crippen molar-refractivity contribution in [2.24, 2.45) is 0 Å². The minimum atomic E-state index is -3.20. The second kappa shape index (κ2) is 6.23. The van der Waals surface area contributed by atoms with Gasteiger partial charge in [-0.2, -0.15) is 5.10 Å². The lowest BCUT2D eigenvalue weighted by atomic mass is 10.1. The third kappa shape index (κ3) is 3.40. The summed E-state index contributed by atoms with van der Waals surface area (Å²) in [6.07, 6.45) is 5.16. The number of sulfonamides is 1. The third-order valence-corrected chi connectivity index (χ3v) is 5.22. The molecule has 0 aliphatic carbocycles. The zero-order chi connectivity index (χ0) is 15.6. The monoisotopic (exact) mass is 324 g/mol. The van der Waals surface area contributed by atoms with E-state index >= 15 is 0 Å². The highest BCUT2D eigenvalue weighted by Crippen LogP contribution is 2.21. The summed E-state index contributed by atoms with van der Waals surface area (Å²) in [6.45, 7) is 4.30. The predicted molar refractivity (Wildman–Crippen MR) is 81.5 cm³/mol. The first-order chi connectivity index (χ1) is 10.6. The summed E-state index contributed by atoms with van der Waals surface area (Å²) in [4.78, 5) is 2.27. The molecule has 22 heavy (non-hydrogen) atoms. The van der Waals surface area contributed by atoms with Gasteiger partial charge >= 0.3 is 0 Å². The highest BCUT2D eigenvalue weighted by Gasteiger charge is 2.26. The van der Waals surface area contributed by atoms with Gasteiger partial charge < -0.3 is 4.42 Å². The average Bonchev–Trinajstić information content (AvgIpc) is 3.16. The quantitative estimate of drug-likeness (QED) is 0.856. The lowest BCUT2D eigenvalue weighted by Crippen LogP contribution is -2.42. The summed E-state index contributed by atoms with van der Waals surface area (Å²) in [5.41, 5.74) is 2.20. The molecule has 1 aliphatic heterocycles. The first kappa shape index (κ1) is 15.3. The molecule has 0 spiro atoms. The van der Waals surface area contributed by atoms with E-state index in [0.717, 1.165) is 30.9 Å². The zero-order valence-electron chi connectivity index (χ0n) is 12.5. The van der Waals surface area contributed by atoms with Gasteiger partial charge in [-0.25, -0.2) is 13.1 Å². The molecular weight excluding hydrogens is 304 g/mol. The van der Waals surface area contributed by atoms with Crippen molar-refractivity contribution >= 4 is 10.0 Å². The molecule has 0 radical (unpaired) electrons. The number of fused-ring (bicyclic) bond motifs is 1. The maximum absolute atomic E-state index is 11.7. The number of hydrogen-bond acceptors (Lipinski definition) is 5. The fourth-order valence-electron chi connectivity index (χ4n) is 2.70. The van der Waals surface area contributed by atoms with Crippen LogP contribution in [0.3, 0.4) is 0 Å². The summed E-state index contributed by atoms with van der Waals surface area (Å²) < 4.78 is 33.0. The van der Waals surface area contributed by atoms with Gasteiger partial charge in [0.25, 0.3) is 0 Å². The van der Waals surface area contributed by atoms with Crippen LogP contribution in [0.25, 0.3) is 0 Å². The predicted octanol–water partition coefficient (Wildman–Crippen LogP) is 0.972. The Bertz CT molecular complexity index is 708. The molecule has 0 unspecified atom stereocenters. The smallest absolute Gasteiger partial charge is 0.211 e. The molecule has 0 bridgehead atoms. The Kier molecular flexibility index (Phi) is 4.32. The van der Waals surface area contributed by atoms with Crippen LogP contribution in [0.15, 0.2) is 35.3 Å². The van der Waals surface area contributed by atoms with E-state index in [1.54, 1.807) is 25.6 Å². The van der Waals surface area contributed by atoms with E-state index in [1.807, 2.05) is 16.8 Å². The largest absolute Gasteiger partial charge is 0.472 e. The molecule has 3 rings (SSSR count). The molecule has 2 aromatic rings. The van der Waals surface area contributed by atoms with Crippen LogP contribution in [0.1, 0.15) is 24.2 Å². The second-order valence-corrected chi connectivity index (χ2v) is 7.57. The van der Waals surface area contributed by atoms with Gasteiger partial charge in [-0.1, -0.05) is 0 Å². The summed E-state index contributed by atoms with van der Waals surface area (Å²) in [5.74, 6) is 0.0877. The van der Waals surface area contributed by atoms with E-state index in [0.29, 0.717) is 6.54 Å². The molecule has 0 amide bonds. The number of aromatic nitrogens is 2. The molecule has 0 aromatic carbocycles. The Morgan fingerprint density at radius 3 is 3.05 bits per heavy atom. The van der Waals surface area contributed by atoms with E-state index in [4.69, 9.17) is 4.42 Å². The van der Waals surface area contributed by atoms with E-state index in [1.165, 1.54) is 0 Å². The summed E-state index contributed by atoms with van der Waals surface area (Å²) in [5, 5.41) is 4.33. The minimum Gasteiger partial charge on any atom is -0.472 e. The van der Waals surface area contributed by atoms with E-state index in [-0.39, 0.29) is 11.8 Å². The molecule has 0 saturated carbocycles. The first-order valence-corrected chi connectivity index (χ1v) is 8.96. The highest BCUT2D eigenvalue weighted by molar-refractivity contribution is 7.89. The van der Waals surface area contributed by atoms with Gasteiger partial charge in [-0.15, -0.1) is 0 Å². The van der Waals surface area contributed by atoms with Gasteiger partial charge in [-0.3, -0.25) is 9.58 Å². The van der Waals surface area contributed by atoms with Crippen LogP contribution in [0, 0.1) is 0 Å². The van der Waals surface area contributed by atoms with Crippen molar-refractivity contribution in [2.75, 3.05) is 18.8 Å². The molecule has 1 N–H and O–H groups in total. The fraction of sp³-hybridized carbons (Fsp3) is 0.500. The van der Waals surface area contributed by atoms with Gasteiger partial charge in [0.15, 0.2) is 0 Å². The molecule has 0 fully saturated rings. The van der Waals surface area contributed by atoms with Crippen LogP contribution in [0.4, 0.5) is 0 Å². The number of furan rings is 1. The lowest BCUT2D eigenvalue weighted by Gasteiger charge is -2.33. The van der Waals surface area contributed by atoms with Crippen molar-refractivity contribution in [3.63, 3.8) is 0 Å². The maximum Gasteiger partial charge on any atom is 0.211 e. The van der Waals surface area contributed by atoms with Crippen LogP contribution in [-0.2, 0) is 23.1 Å². The van der Waals surface area contributed by atoms with E-state index in [9.17, 15) is 8.42 Å². The summed E-state index contributed by atoms with van der Waals surface area (Å²) >= 11 is 0. The van der Waals surface area contributed by atoms with Crippen LogP contribution in [-0.4, -0.2) is 41.9 Å². The summed E-state index contributed by atoms with van der Waals surface area (Å²) in [7, 11) is -3.20. The topological polar surface area (TPSA) is 80.4 Å². The third-order valence-electron chi connectivity index (χ3n) is 3.86. The standard InChI is InChI=1S/C14H20N4O3S/c1-2-22(19,20)16-7-14-10-17(8-12-4-6-21-11-12)9-13-3-5-15-18(13)14/h3-6,11,14,16H,2,7-10H2,1H3/t14-/m1/s1. The van der Waals surface area contributed by atoms with Crippen molar-refractivity contribution < 1.29 is 12.8 Å². The maximum atomic E-state index is 11.7. The highest BCUT2D eigenvalue weighted by atomic mass is 32.2. The van der Waals surface area contributed by atoms with Crippen LogP contribution >= 0.6 is 0 Å². The Balaban J connectivity index is 1.72. The lowest BCUT2D eigenvalue weighted by molar-refractivity contribution is 0.167. The molecule has 120 valence electrons. The minimum absolute atomic E-state index is 0.00743. The SMILES string of the molecule is CCS(=O)(=O)NC[C@@H]1CN(Cc2ccoc2)Cc2ccnn21. The normalized spacial score (nSPS) is 19.2. The Morgan fingerprint density at radius 2 is 2.32 bits per heavy atom. The van der Waals surface area contributed by atoms with Gasteiger partial charge in [0.2, 0.25) is 10.0 Å². The van der Waals surface area contributed by atoms with Crippen LogP contribution < -0.4 is 4.72 Å². The fourth-order valence-corrected chi connectivity index (χ4v) is 3.35. The number of rotatable bonds is 6. The molecule has 0 saturated heterocycles. The van der Waals surface area contributed by atoms with Crippen molar-refractivity contribution in [3.8, 4) is 0 Å². The van der Waals surface area contributed by atoms with Gasteiger partial charge in [-0.05, 0) is 19.1 Å².